The second-order valence-electron chi connectivity index (χ2n) is 4.47. The van der Waals surface area contributed by atoms with E-state index in [-0.39, 0.29) is 12.4 Å². The SMILES string of the molecule is CCN(CCO)Cc1c(C(=O)NN)oc2ccccc12. The number of nitrogens with one attached hydrogen (secondary N) is 1. The van der Waals surface area contributed by atoms with Crippen molar-refractivity contribution in [1.82, 2.24) is 10.3 Å². The summed E-state index contributed by atoms with van der Waals surface area (Å²) in [5, 5.41) is 9.96. The second kappa shape index (κ2) is 6.51. The number of para-hydroxylation sites is 1. The van der Waals surface area contributed by atoms with Gasteiger partial charge in [-0.2, -0.15) is 0 Å². The summed E-state index contributed by atoms with van der Waals surface area (Å²) in [5.74, 6) is 4.98. The van der Waals surface area contributed by atoms with Crippen LogP contribution in [0.3, 0.4) is 0 Å². The van der Waals surface area contributed by atoms with Gasteiger partial charge in [0, 0.05) is 24.0 Å². The third-order valence-corrected chi connectivity index (χ3v) is 3.28. The number of carbonyl (C=O) groups is 1. The smallest absolute Gasteiger partial charge is 0.301 e. The highest BCUT2D eigenvalue weighted by molar-refractivity contribution is 5.98. The largest absolute Gasteiger partial charge is 0.451 e. The molecule has 0 saturated carbocycles. The van der Waals surface area contributed by atoms with Crippen LogP contribution in [0.2, 0.25) is 0 Å². The number of hydrazine groups is 1. The third kappa shape index (κ3) is 2.82. The fraction of sp³-hybridized carbons (Fsp3) is 0.357. The number of aliphatic hydroxyl groups excluding tert-OH is 1. The fourth-order valence-corrected chi connectivity index (χ4v) is 2.22. The van der Waals surface area contributed by atoms with E-state index in [1.54, 1.807) is 0 Å². The van der Waals surface area contributed by atoms with Crippen molar-refractivity contribution < 1.29 is 14.3 Å². The summed E-state index contributed by atoms with van der Waals surface area (Å²) < 4.78 is 5.59. The van der Waals surface area contributed by atoms with Crippen molar-refractivity contribution in [3.05, 3.63) is 35.6 Å². The Balaban J connectivity index is 2.45. The Hall–Kier alpha value is -1.89. The van der Waals surface area contributed by atoms with E-state index >= 15 is 0 Å². The van der Waals surface area contributed by atoms with Gasteiger partial charge in [0.1, 0.15) is 5.58 Å². The molecule has 2 aromatic rings. The summed E-state index contributed by atoms with van der Waals surface area (Å²) in [4.78, 5) is 13.9. The quantitative estimate of drug-likeness (QED) is 0.413. The van der Waals surface area contributed by atoms with Crippen LogP contribution in [-0.2, 0) is 6.54 Å². The molecule has 108 valence electrons. The number of benzene rings is 1. The molecular formula is C14H19N3O3. The second-order valence-corrected chi connectivity index (χ2v) is 4.47. The average Bonchev–Trinajstić information content (AvgIpc) is 2.84. The lowest BCUT2D eigenvalue weighted by Crippen LogP contribution is -2.32. The predicted octanol–water partition coefficient (Wildman–Crippen LogP) is 0.850. The van der Waals surface area contributed by atoms with Crippen molar-refractivity contribution in [1.29, 1.82) is 0 Å². The summed E-state index contributed by atoms with van der Waals surface area (Å²) in [5.41, 5.74) is 3.55. The van der Waals surface area contributed by atoms with Crippen molar-refractivity contribution >= 4 is 16.9 Å². The maximum absolute atomic E-state index is 11.8. The molecule has 2 rings (SSSR count). The number of fused-ring (bicyclic) bond motifs is 1. The van der Waals surface area contributed by atoms with Gasteiger partial charge < -0.3 is 9.52 Å². The van der Waals surface area contributed by atoms with Crippen molar-refractivity contribution in [3.63, 3.8) is 0 Å². The molecule has 0 radical (unpaired) electrons. The molecule has 0 aliphatic rings. The molecule has 6 nitrogen and oxygen atoms in total. The molecule has 1 heterocycles. The molecule has 0 fully saturated rings. The fourth-order valence-electron chi connectivity index (χ4n) is 2.22. The van der Waals surface area contributed by atoms with Crippen LogP contribution in [-0.4, -0.2) is 35.6 Å². The number of amides is 1. The number of nitrogens with two attached hydrogens (primary N) is 1. The minimum Gasteiger partial charge on any atom is -0.451 e. The van der Waals surface area contributed by atoms with Gasteiger partial charge in [0.15, 0.2) is 5.76 Å². The molecule has 20 heavy (non-hydrogen) atoms. The number of hydrogen-bond donors (Lipinski definition) is 3. The number of likely N-dealkylation sites (N-methyl/N-ethyl adjacent to an activating group) is 1. The van der Waals surface area contributed by atoms with Crippen LogP contribution >= 0.6 is 0 Å². The van der Waals surface area contributed by atoms with Crippen molar-refractivity contribution in [3.8, 4) is 0 Å². The molecule has 0 atom stereocenters. The van der Waals surface area contributed by atoms with Crippen LogP contribution in [0.15, 0.2) is 28.7 Å². The minimum absolute atomic E-state index is 0.0715. The first-order valence-corrected chi connectivity index (χ1v) is 6.55. The number of furan rings is 1. The maximum atomic E-state index is 11.8. The van der Waals surface area contributed by atoms with Crippen molar-refractivity contribution in [2.75, 3.05) is 19.7 Å². The zero-order valence-electron chi connectivity index (χ0n) is 11.4. The van der Waals surface area contributed by atoms with Gasteiger partial charge in [0.05, 0.1) is 6.61 Å². The molecular weight excluding hydrogens is 258 g/mol. The van der Waals surface area contributed by atoms with Gasteiger partial charge in [-0.25, -0.2) is 5.84 Å². The molecule has 1 amide bonds. The molecule has 0 bridgehead atoms. The van der Waals surface area contributed by atoms with Crippen LogP contribution in [0.4, 0.5) is 0 Å². The molecule has 0 unspecified atom stereocenters. The van der Waals surface area contributed by atoms with E-state index in [2.05, 4.69) is 5.43 Å². The van der Waals surface area contributed by atoms with E-state index in [1.165, 1.54) is 0 Å². The Morgan fingerprint density at radius 3 is 2.85 bits per heavy atom. The Morgan fingerprint density at radius 1 is 1.45 bits per heavy atom. The van der Waals surface area contributed by atoms with Crippen LogP contribution in [0, 0.1) is 0 Å². The average molecular weight is 277 g/mol. The monoisotopic (exact) mass is 277 g/mol. The highest BCUT2D eigenvalue weighted by Crippen LogP contribution is 2.27. The van der Waals surface area contributed by atoms with Gasteiger partial charge >= 0.3 is 5.91 Å². The van der Waals surface area contributed by atoms with Crippen molar-refractivity contribution in [2.45, 2.75) is 13.5 Å². The highest BCUT2D eigenvalue weighted by atomic mass is 16.3. The van der Waals surface area contributed by atoms with Crippen molar-refractivity contribution in [2.24, 2.45) is 5.84 Å². The standard InChI is InChI=1S/C14H19N3O3/c1-2-17(7-8-18)9-11-10-5-3-4-6-12(10)20-13(11)14(19)16-15/h3-6,18H,2,7-9,15H2,1H3,(H,16,19). The zero-order chi connectivity index (χ0) is 14.5. The molecule has 4 N–H and O–H groups in total. The number of rotatable bonds is 6. The summed E-state index contributed by atoms with van der Waals surface area (Å²) in [7, 11) is 0. The highest BCUT2D eigenvalue weighted by Gasteiger charge is 2.21. The molecule has 0 aliphatic carbocycles. The predicted molar refractivity (Wildman–Crippen MR) is 75.9 cm³/mol. The molecule has 1 aromatic carbocycles. The van der Waals surface area contributed by atoms with Crippen LogP contribution < -0.4 is 11.3 Å². The van der Waals surface area contributed by atoms with Gasteiger partial charge in [-0.05, 0) is 12.6 Å². The summed E-state index contributed by atoms with van der Waals surface area (Å²) in [6, 6.07) is 7.47. The molecule has 0 saturated heterocycles. The summed E-state index contributed by atoms with van der Waals surface area (Å²) in [6.45, 7) is 3.91. The summed E-state index contributed by atoms with van der Waals surface area (Å²) >= 11 is 0. The molecule has 0 spiro atoms. The topological polar surface area (TPSA) is 91.7 Å². The first kappa shape index (κ1) is 14.5. The lowest BCUT2D eigenvalue weighted by atomic mass is 10.1. The molecule has 1 aromatic heterocycles. The minimum atomic E-state index is -0.448. The summed E-state index contributed by atoms with van der Waals surface area (Å²) in [6.07, 6.45) is 0. The van der Waals surface area contributed by atoms with Gasteiger partial charge in [0.2, 0.25) is 0 Å². The van der Waals surface area contributed by atoms with Crippen LogP contribution in [0.25, 0.3) is 11.0 Å². The van der Waals surface area contributed by atoms with Crippen LogP contribution in [0.5, 0.6) is 0 Å². The first-order valence-electron chi connectivity index (χ1n) is 6.55. The van der Waals surface area contributed by atoms with Gasteiger partial charge in [-0.3, -0.25) is 15.1 Å². The van der Waals surface area contributed by atoms with E-state index in [4.69, 9.17) is 15.4 Å². The maximum Gasteiger partial charge on any atom is 0.301 e. The van der Waals surface area contributed by atoms with Gasteiger partial charge in [-0.1, -0.05) is 25.1 Å². The Morgan fingerprint density at radius 2 is 2.20 bits per heavy atom. The number of nitrogens with zero attached hydrogens (tertiary/aromatic N) is 1. The Labute approximate surface area is 117 Å². The molecule has 0 aliphatic heterocycles. The van der Waals surface area contributed by atoms with E-state index in [9.17, 15) is 4.79 Å². The Kier molecular flexibility index (Phi) is 4.73. The lowest BCUT2D eigenvalue weighted by molar-refractivity contribution is 0.0925. The lowest BCUT2D eigenvalue weighted by Gasteiger charge is -2.18. The normalized spacial score (nSPS) is 11.2. The first-order chi connectivity index (χ1) is 9.71. The third-order valence-electron chi connectivity index (χ3n) is 3.28. The van der Waals surface area contributed by atoms with E-state index in [1.807, 2.05) is 36.1 Å². The number of nitrogen functional groups attached to an aromatic ring is 1. The number of aliphatic hydroxyl groups is 1. The number of hydrogen-bond acceptors (Lipinski definition) is 5. The van der Waals surface area contributed by atoms with Crippen LogP contribution in [0.1, 0.15) is 23.0 Å². The van der Waals surface area contributed by atoms with Gasteiger partial charge in [0.25, 0.3) is 0 Å². The van der Waals surface area contributed by atoms with E-state index in [0.29, 0.717) is 18.7 Å². The number of carbonyl (C=O) groups excluding carboxylic acids is 1. The Bertz CT molecular complexity index is 594. The van der Waals surface area contributed by atoms with Gasteiger partial charge in [-0.15, -0.1) is 0 Å². The van der Waals surface area contributed by atoms with E-state index < -0.39 is 5.91 Å². The zero-order valence-corrected chi connectivity index (χ0v) is 11.4. The molecule has 6 heteroatoms. The van der Waals surface area contributed by atoms with E-state index in [0.717, 1.165) is 17.5 Å².